The summed E-state index contributed by atoms with van der Waals surface area (Å²) in [5.74, 6) is 0.472. The molecule has 1 aromatic rings. The van der Waals surface area contributed by atoms with Crippen LogP contribution in [0.4, 0.5) is 9.18 Å². The topological polar surface area (TPSA) is 61.8 Å². The molecule has 0 aromatic heterocycles. The average Bonchev–Trinajstić information content (AvgIpc) is 2.49. The van der Waals surface area contributed by atoms with E-state index in [0.717, 1.165) is 6.42 Å². The first-order valence-electron chi connectivity index (χ1n) is 7.57. The molecule has 1 aliphatic heterocycles. The molecule has 0 aliphatic carbocycles. The summed E-state index contributed by atoms with van der Waals surface area (Å²) in [7, 11) is 0. The number of β-amino-alcohol motifs (C(OH)–C–C–N with tert-alkyl or cyclic N) is 1. The molecule has 22 heavy (non-hydrogen) atoms. The smallest absolute Gasteiger partial charge is 0.317 e. The lowest BCUT2D eigenvalue weighted by molar-refractivity contribution is 0.0427. The third kappa shape index (κ3) is 4.59. The summed E-state index contributed by atoms with van der Waals surface area (Å²) in [6.07, 6.45) is 0.333. The molecule has 0 unspecified atom stereocenters. The number of piperidine rings is 1. The third-order valence-electron chi connectivity index (χ3n) is 3.89. The van der Waals surface area contributed by atoms with Gasteiger partial charge in [-0.05, 0) is 43.5 Å². The highest BCUT2D eigenvalue weighted by Crippen LogP contribution is 2.17. The number of hydrogen-bond donors (Lipinski definition) is 2. The standard InChI is InChI=1S/C16H23FN2O3/c1-11-7-8-19(9-15(11)20)16(21)18-12(2)10-22-14-5-3-13(17)4-6-14/h3-6,11-12,15,20H,7-10H2,1-2H3,(H,18,21)/t11-,12-,15+/m1/s1. The molecular weight excluding hydrogens is 287 g/mol. The van der Waals surface area contributed by atoms with Gasteiger partial charge in [-0.1, -0.05) is 6.92 Å². The van der Waals surface area contributed by atoms with Crippen molar-refractivity contribution < 1.29 is 19.0 Å². The van der Waals surface area contributed by atoms with Crippen molar-refractivity contribution in [3.8, 4) is 5.75 Å². The maximum absolute atomic E-state index is 12.8. The molecule has 0 saturated carbocycles. The van der Waals surface area contributed by atoms with E-state index in [2.05, 4.69) is 5.32 Å². The Morgan fingerprint density at radius 3 is 2.82 bits per heavy atom. The summed E-state index contributed by atoms with van der Waals surface area (Å²) >= 11 is 0. The fourth-order valence-electron chi connectivity index (χ4n) is 2.33. The number of hydrogen-bond acceptors (Lipinski definition) is 3. The van der Waals surface area contributed by atoms with Gasteiger partial charge in [-0.2, -0.15) is 0 Å². The highest BCUT2D eigenvalue weighted by molar-refractivity contribution is 5.74. The normalized spacial score (nSPS) is 23.0. The molecule has 2 N–H and O–H groups in total. The maximum atomic E-state index is 12.8. The Kier molecular flexibility index (Phi) is 5.60. The molecule has 0 spiro atoms. The summed E-state index contributed by atoms with van der Waals surface area (Å²) in [6.45, 7) is 5.13. The van der Waals surface area contributed by atoms with Crippen molar-refractivity contribution in [3.63, 3.8) is 0 Å². The van der Waals surface area contributed by atoms with Crippen molar-refractivity contribution >= 4 is 6.03 Å². The summed E-state index contributed by atoms with van der Waals surface area (Å²) in [5, 5.41) is 12.7. The molecule has 1 aliphatic rings. The molecule has 0 radical (unpaired) electrons. The number of carbonyl (C=O) groups excluding carboxylic acids is 1. The summed E-state index contributed by atoms with van der Waals surface area (Å²) in [6, 6.07) is 5.37. The van der Waals surface area contributed by atoms with E-state index in [1.54, 1.807) is 17.0 Å². The number of benzene rings is 1. The van der Waals surface area contributed by atoms with E-state index in [0.29, 0.717) is 25.4 Å². The van der Waals surface area contributed by atoms with Crippen LogP contribution in [0.5, 0.6) is 5.75 Å². The predicted octanol–water partition coefficient (Wildman–Crippen LogP) is 2.01. The number of nitrogens with zero attached hydrogens (tertiary/aromatic N) is 1. The zero-order valence-corrected chi connectivity index (χ0v) is 13.0. The van der Waals surface area contributed by atoms with Crippen LogP contribution in [0.15, 0.2) is 24.3 Å². The molecule has 0 bridgehead atoms. The average molecular weight is 310 g/mol. The van der Waals surface area contributed by atoms with Crippen LogP contribution in [0.25, 0.3) is 0 Å². The minimum absolute atomic E-state index is 0.186. The zero-order chi connectivity index (χ0) is 16.1. The van der Waals surface area contributed by atoms with Crippen LogP contribution < -0.4 is 10.1 Å². The van der Waals surface area contributed by atoms with Gasteiger partial charge in [0.05, 0.1) is 12.1 Å². The number of rotatable bonds is 4. The highest BCUT2D eigenvalue weighted by atomic mass is 19.1. The summed E-state index contributed by atoms with van der Waals surface area (Å²) in [5.41, 5.74) is 0. The van der Waals surface area contributed by atoms with Gasteiger partial charge >= 0.3 is 6.03 Å². The fraction of sp³-hybridized carbons (Fsp3) is 0.562. The number of nitrogens with one attached hydrogen (secondary N) is 1. The molecule has 3 atom stereocenters. The number of halogens is 1. The number of carbonyl (C=O) groups is 1. The van der Waals surface area contributed by atoms with Gasteiger partial charge in [0.1, 0.15) is 18.2 Å². The van der Waals surface area contributed by atoms with E-state index in [1.165, 1.54) is 12.1 Å². The van der Waals surface area contributed by atoms with Crippen molar-refractivity contribution in [3.05, 3.63) is 30.1 Å². The Balaban J connectivity index is 1.75. The van der Waals surface area contributed by atoms with Crippen molar-refractivity contribution in [2.24, 2.45) is 5.92 Å². The van der Waals surface area contributed by atoms with E-state index in [1.807, 2.05) is 13.8 Å². The van der Waals surface area contributed by atoms with Gasteiger partial charge in [-0.25, -0.2) is 9.18 Å². The molecule has 1 saturated heterocycles. The highest BCUT2D eigenvalue weighted by Gasteiger charge is 2.27. The lowest BCUT2D eigenvalue weighted by Gasteiger charge is -2.34. The first-order chi connectivity index (χ1) is 10.5. The van der Waals surface area contributed by atoms with E-state index >= 15 is 0 Å². The largest absolute Gasteiger partial charge is 0.491 e. The molecule has 122 valence electrons. The quantitative estimate of drug-likeness (QED) is 0.894. The third-order valence-corrected chi connectivity index (χ3v) is 3.89. The molecule has 5 nitrogen and oxygen atoms in total. The van der Waals surface area contributed by atoms with Crippen LogP contribution in [-0.2, 0) is 0 Å². The predicted molar refractivity (Wildman–Crippen MR) is 81.2 cm³/mol. The maximum Gasteiger partial charge on any atom is 0.317 e. The minimum Gasteiger partial charge on any atom is -0.491 e. The Labute approximate surface area is 130 Å². The molecule has 2 amide bonds. The molecule has 1 heterocycles. The van der Waals surface area contributed by atoms with Crippen LogP contribution in [0.3, 0.4) is 0 Å². The zero-order valence-electron chi connectivity index (χ0n) is 13.0. The second-order valence-electron chi connectivity index (χ2n) is 5.89. The van der Waals surface area contributed by atoms with Gasteiger partial charge in [-0.3, -0.25) is 0 Å². The van der Waals surface area contributed by atoms with Crippen LogP contribution in [-0.4, -0.2) is 47.9 Å². The Morgan fingerprint density at radius 2 is 2.18 bits per heavy atom. The summed E-state index contributed by atoms with van der Waals surface area (Å²) < 4.78 is 18.3. The Morgan fingerprint density at radius 1 is 1.50 bits per heavy atom. The van der Waals surface area contributed by atoms with Crippen LogP contribution in [0, 0.1) is 11.7 Å². The second-order valence-corrected chi connectivity index (χ2v) is 5.89. The first-order valence-corrected chi connectivity index (χ1v) is 7.57. The molecule has 6 heteroatoms. The fourth-order valence-corrected chi connectivity index (χ4v) is 2.33. The molecule has 1 fully saturated rings. The van der Waals surface area contributed by atoms with Gasteiger partial charge in [0.2, 0.25) is 0 Å². The molecule has 1 aromatic carbocycles. The SMILES string of the molecule is C[C@H](COc1ccc(F)cc1)NC(=O)N1CC[C@@H](C)[C@@H](O)C1. The second kappa shape index (κ2) is 7.45. The van der Waals surface area contributed by atoms with E-state index in [4.69, 9.17) is 4.74 Å². The Hall–Kier alpha value is -1.82. The monoisotopic (exact) mass is 310 g/mol. The van der Waals surface area contributed by atoms with Crippen LogP contribution >= 0.6 is 0 Å². The molecular formula is C16H23FN2O3. The van der Waals surface area contributed by atoms with Crippen molar-refractivity contribution in [1.82, 2.24) is 10.2 Å². The minimum atomic E-state index is -0.467. The van der Waals surface area contributed by atoms with Gasteiger partial charge in [0.15, 0.2) is 0 Å². The number of aliphatic hydroxyl groups is 1. The van der Waals surface area contributed by atoms with Crippen LogP contribution in [0.2, 0.25) is 0 Å². The number of likely N-dealkylation sites (tertiary alicyclic amines) is 1. The van der Waals surface area contributed by atoms with Gasteiger partial charge in [0.25, 0.3) is 0 Å². The lowest BCUT2D eigenvalue weighted by Crippen LogP contribution is -2.52. The Bertz CT molecular complexity index is 495. The van der Waals surface area contributed by atoms with E-state index in [9.17, 15) is 14.3 Å². The number of urea groups is 1. The first kappa shape index (κ1) is 16.5. The van der Waals surface area contributed by atoms with Crippen LogP contribution in [0.1, 0.15) is 20.3 Å². The summed E-state index contributed by atoms with van der Waals surface area (Å²) in [4.78, 5) is 13.7. The van der Waals surface area contributed by atoms with E-state index in [-0.39, 0.29) is 23.8 Å². The van der Waals surface area contributed by atoms with Gasteiger partial charge in [0, 0.05) is 13.1 Å². The molecule has 2 rings (SSSR count). The number of amides is 2. The lowest BCUT2D eigenvalue weighted by atomic mass is 9.96. The van der Waals surface area contributed by atoms with Crippen molar-refractivity contribution in [1.29, 1.82) is 0 Å². The van der Waals surface area contributed by atoms with Crippen molar-refractivity contribution in [2.45, 2.75) is 32.4 Å². The van der Waals surface area contributed by atoms with Gasteiger partial charge in [-0.15, -0.1) is 0 Å². The number of aliphatic hydroxyl groups excluding tert-OH is 1. The van der Waals surface area contributed by atoms with Crippen molar-refractivity contribution in [2.75, 3.05) is 19.7 Å². The number of ether oxygens (including phenoxy) is 1. The van der Waals surface area contributed by atoms with E-state index < -0.39 is 6.10 Å². The van der Waals surface area contributed by atoms with Gasteiger partial charge < -0.3 is 20.1 Å².